The number of hydrogen-bond donors (Lipinski definition) is 0. The number of benzene rings is 2. The molecule has 0 aromatic heterocycles. The maximum atomic E-state index is 13.1. The van der Waals surface area contributed by atoms with E-state index in [1.165, 1.54) is 11.1 Å². The van der Waals surface area contributed by atoms with E-state index in [1.807, 2.05) is 11.8 Å². The summed E-state index contributed by atoms with van der Waals surface area (Å²) in [5.41, 5.74) is 3.60. The molecule has 1 atom stereocenters. The maximum Gasteiger partial charge on any atom is 0.243 e. The van der Waals surface area contributed by atoms with Crippen LogP contribution in [0, 0.1) is 6.92 Å². The number of hydrogen-bond acceptors (Lipinski definition) is 4. The standard InChI is InChI=1S/C20H23NO3S2/c1-15-4-2-3-5-18(15)20-8-10-21(11-13-25-20)26(22,23)17-6-7-19-16(14-17)9-12-24-19/h2-7,14,20H,8-13H2,1H3/t20-/m1/s1. The summed E-state index contributed by atoms with van der Waals surface area (Å²) in [5.74, 6) is 1.63. The van der Waals surface area contributed by atoms with Gasteiger partial charge in [0, 0.05) is 30.5 Å². The van der Waals surface area contributed by atoms with E-state index in [9.17, 15) is 8.42 Å². The third-order valence-corrected chi connectivity index (χ3v) is 8.34. The SMILES string of the molecule is Cc1ccccc1[C@H]1CCN(S(=O)(=O)c2ccc3c(c2)CCO3)CCS1. The van der Waals surface area contributed by atoms with Gasteiger partial charge in [-0.15, -0.1) is 0 Å². The van der Waals surface area contributed by atoms with Crippen LogP contribution < -0.4 is 4.74 Å². The van der Waals surface area contributed by atoms with E-state index in [4.69, 9.17) is 4.74 Å². The minimum atomic E-state index is -3.46. The Labute approximate surface area is 159 Å². The molecular formula is C20H23NO3S2. The lowest BCUT2D eigenvalue weighted by Crippen LogP contribution is -2.33. The van der Waals surface area contributed by atoms with Crippen molar-refractivity contribution in [2.75, 3.05) is 25.4 Å². The molecule has 6 heteroatoms. The van der Waals surface area contributed by atoms with E-state index < -0.39 is 10.0 Å². The van der Waals surface area contributed by atoms with Crippen LogP contribution >= 0.6 is 11.8 Å². The Morgan fingerprint density at radius 3 is 2.85 bits per heavy atom. The van der Waals surface area contributed by atoms with Gasteiger partial charge in [0.1, 0.15) is 5.75 Å². The van der Waals surface area contributed by atoms with Crippen molar-refractivity contribution in [1.82, 2.24) is 4.31 Å². The van der Waals surface area contributed by atoms with Gasteiger partial charge in [-0.25, -0.2) is 8.42 Å². The van der Waals surface area contributed by atoms with E-state index in [-0.39, 0.29) is 0 Å². The fraction of sp³-hybridized carbons (Fsp3) is 0.400. The van der Waals surface area contributed by atoms with Crippen LogP contribution in [0.15, 0.2) is 47.4 Å². The molecule has 2 aliphatic rings. The van der Waals surface area contributed by atoms with Crippen molar-refractivity contribution in [3.8, 4) is 5.75 Å². The Balaban J connectivity index is 1.54. The van der Waals surface area contributed by atoms with Crippen LogP contribution in [-0.4, -0.2) is 38.2 Å². The van der Waals surface area contributed by atoms with Crippen molar-refractivity contribution < 1.29 is 13.2 Å². The van der Waals surface area contributed by atoms with E-state index >= 15 is 0 Å². The minimum absolute atomic E-state index is 0.352. The molecule has 2 aliphatic heterocycles. The molecule has 4 rings (SSSR count). The number of ether oxygens (including phenoxy) is 1. The Hall–Kier alpha value is -1.50. The monoisotopic (exact) mass is 389 g/mol. The quantitative estimate of drug-likeness (QED) is 0.801. The zero-order valence-electron chi connectivity index (χ0n) is 14.8. The highest BCUT2D eigenvalue weighted by atomic mass is 32.2. The molecule has 0 amide bonds. The molecule has 2 aromatic carbocycles. The molecule has 0 saturated carbocycles. The van der Waals surface area contributed by atoms with Gasteiger partial charge in [-0.2, -0.15) is 16.1 Å². The van der Waals surface area contributed by atoms with Crippen molar-refractivity contribution >= 4 is 21.8 Å². The first-order chi connectivity index (χ1) is 12.6. The van der Waals surface area contributed by atoms with Gasteiger partial charge in [0.2, 0.25) is 10.0 Å². The lowest BCUT2D eigenvalue weighted by atomic mass is 10.0. The van der Waals surface area contributed by atoms with E-state index in [0.29, 0.717) is 29.8 Å². The largest absolute Gasteiger partial charge is 0.493 e. The molecule has 0 radical (unpaired) electrons. The summed E-state index contributed by atoms with van der Waals surface area (Å²) in [6, 6.07) is 13.7. The van der Waals surface area contributed by atoms with Gasteiger partial charge in [-0.05, 0) is 48.2 Å². The second-order valence-electron chi connectivity index (χ2n) is 6.78. The van der Waals surface area contributed by atoms with Crippen LogP contribution in [0.25, 0.3) is 0 Å². The smallest absolute Gasteiger partial charge is 0.243 e. The van der Waals surface area contributed by atoms with Gasteiger partial charge < -0.3 is 4.74 Å². The molecule has 0 spiro atoms. The molecule has 0 aliphatic carbocycles. The van der Waals surface area contributed by atoms with E-state index in [2.05, 4.69) is 31.2 Å². The fourth-order valence-corrected chi connectivity index (χ4v) is 6.61. The first-order valence-corrected chi connectivity index (χ1v) is 11.5. The van der Waals surface area contributed by atoms with Crippen molar-refractivity contribution in [2.24, 2.45) is 0 Å². The maximum absolute atomic E-state index is 13.1. The molecule has 26 heavy (non-hydrogen) atoms. The molecule has 4 nitrogen and oxygen atoms in total. The highest BCUT2D eigenvalue weighted by molar-refractivity contribution is 7.99. The van der Waals surface area contributed by atoms with Gasteiger partial charge in [0.15, 0.2) is 0 Å². The number of sulfonamides is 1. The number of fused-ring (bicyclic) bond motifs is 1. The lowest BCUT2D eigenvalue weighted by Gasteiger charge is -2.20. The van der Waals surface area contributed by atoms with Crippen LogP contribution in [0.2, 0.25) is 0 Å². The molecule has 2 aromatic rings. The summed E-state index contributed by atoms with van der Waals surface area (Å²) in [5, 5.41) is 0.352. The molecule has 138 valence electrons. The first kappa shape index (κ1) is 17.9. The topological polar surface area (TPSA) is 46.6 Å². The Morgan fingerprint density at radius 1 is 1.15 bits per heavy atom. The number of thioether (sulfide) groups is 1. The molecule has 0 N–H and O–H groups in total. The van der Waals surface area contributed by atoms with Gasteiger partial charge in [-0.1, -0.05) is 24.3 Å². The predicted octanol–water partition coefficient (Wildman–Crippen LogP) is 3.80. The lowest BCUT2D eigenvalue weighted by molar-refractivity contribution is 0.356. The highest BCUT2D eigenvalue weighted by Gasteiger charge is 2.29. The van der Waals surface area contributed by atoms with E-state index in [1.54, 1.807) is 22.5 Å². The number of nitrogens with zero attached hydrogens (tertiary/aromatic N) is 1. The number of aryl methyl sites for hydroxylation is 1. The normalized spacial score (nSPS) is 21.0. The average molecular weight is 390 g/mol. The summed E-state index contributed by atoms with van der Waals surface area (Å²) >= 11 is 1.86. The predicted molar refractivity (Wildman–Crippen MR) is 105 cm³/mol. The first-order valence-electron chi connectivity index (χ1n) is 8.99. The van der Waals surface area contributed by atoms with Crippen LogP contribution in [-0.2, 0) is 16.4 Å². The Morgan fingerprint density at radius 2 is 2.00 bits per heavy atom. The highest BCUT2D eigenvalue weighted by Crippen LogP contribution is 2.37. The van der Waals surface area contributed by atoms with Crippen molar-refractivity contribution in [2.45, 2.75) is 29.9 Å². The minimum Gasteiger partial charge on any atom is -0.493 e. The van der Waals surface area contributed by atoms with Crippen molar-refractivity contribution in [3.05, 3.63) is 59.2 Å². The van der Waals surface area contributed by atoms with E-state index in [0.717, 1.165) is 29.9 Å². The Kier molecular flexibility index (Phi) is 4.99. The van der Waals surface area contributed by atoms with Crippen molar-refractivity contribution in [3.63, 3.8) is 0 Å². The summed E-state index contributed by atoms with van der Waals surface area (Å²) in [6.07, 6.45) is 1.62. The van der Waals surface area contributed by atoms with Gasteiger partial charge >= 0.3 is 0 Å². The third-order valence-electron chi connectivity index (χ3n) is 5.13. The van der Waals surface area contributed by atoms with Crippen LogP contribution in [0.4, 0.5) is 0 Å². The van der Waals surface area contributed by atoms with Gasteiger partial charge in [-0.3, -0.25) is 0 Å². The molecule has 0 bridgehead atoms. The second kappa shape index (κ2) is 7.25. The molecule has 2 heterocycles. The molecule has 1 fully saturated rings. The summed E-state index contributed by atoms with van der Waals surface area (Å²) in [6.45, 7) is 3.88. The zero-order chi connectivity index (χ0) is 18.1. The molecular weight excluding hydrogens is 366 g/mol. The summed E-state index contributed by atoms with van der Waals surface area (Å²) in [7, 11) is -3.46. The summed E-state index contributed by atoms with van der Waals surface area (Å²) < 4.78 is 33.4. The fourth-order valence-electron chi connectivity index (χ4n) is 3.66. The van der Waals surface area contributed by atoms with Crippen LogP contribution in [0.3, 0.4) is 0 Å². The van der Waals surface area contributed by atoms with Gasteiger partial charge in [0.25, 0.3) is 0 Å². The third kappa shape index (κ3) is 3.38. The zero-order valence-corrected chi connectivity index (χ0v) is 16.5. The van der Waals surface area contributed by atoms with Crippen LogP contribution in [0.1, 0.15) is 28.4 Å². The van der Waals surface area contributed by atoms with Gasteiger partial charge in [0.05, 0.1) is 11.5 Å². The van der Waals surface area contributed by atoms with Crippen molar-refractivity contribution in [1.29, 1.82) is 0 Å². The molecule has 0 unspecified atom stereocenters. The summed E-state index contributed by atoms with van der Waals surface area (Å²) in [4.78, 5) is 0.390. The van der Waals surface area contributed by atoms with Crippen LogP contribution in [0.5, 0.6) is 5.75 Å². The average Bonchev–Trinajstić information content (AvgIpc) is 2.97. The second-order valence-corrected chi connectivity index (χ2v) is 10.0. The molecule has 1 saturated heterocycles. The Bertz CT molecular complexity index is 911. The number of rotatable bonds is 3.